The Balaban J connectivity index is 2.09. The minimum absolute atomic E-state index is 0.0607. The Kier molecular flexibility index (Phi) is 4.41. The highest BCUT2D eigenvalue weighted by Crippen LogP contribution is 2.43. The molecule has 0 aliphatic heterocycles. The minimum atomic E-state index is -0.134. The summed E-state index contributed by atoms with van der Waals surface area (Å²) >= 11 is 0. The Morgan fingerprint density at radius 1 is 1.45 bits per heavy atom. The fraction of sp³-hybridized carbons (Fsp3) is 0.500. The molecule has 0 saturated heterocycles. The molecule has 0 spiro atoms. The van der Waals surface area contributed by atoms with Gasteiger partial charge in [-0.15, -0.1) is 0 Å². The molecule has 0 bridgehead atoms. The summed E-state index contributed by atoms with van der Waals surface area (Å²) in [5, 5.41) is 14.4. The van der Waals surface area contributed by atoms with Gasteiger partial charge in [-0.3, -0.25) is 4.79 Å². The first-order chi connectivity index (χ1) is 9.54. The smallest absolute Gasteiger partial charge is 0.234 e. The molecule has 20 heavy (non-hydrogen) atoms. The molecule has 4 heteroatoms. The maximum Gasteiger partial charge on any atom is 0.234 e. The van der Waals surface area contributed by atoms with Crippen LogP contribution in [-0.2, 0) is 11.2 Å². The number of hydrogen-bond donors (Lipinski definition) is 2. The summed E-state index contributed by atoms with van der Waals surface area (Å²) in [5.41, 5.74) is 2.77. The highest BCUT2D eigenvalue weighted by molar-refractivity contribution is 5.78. The molecule has 1 aliphatic rings. The lowest BCUT2D eigenvalue weighted by molar-refractivity contribution is -0.120. The van der Waals surface area contributed by atoms with E-state index in [1.54, 1.807) is 0 Å². The first kappa shape index (κ1) is 14.5. The van der Waals surface area contributed by atoms with Gasteiger partial charge in [-0.2, -0.15) is 5.26 Å². The lowest BCUT2D eigenvalue weighted by atomic mass is 9.70. The maximum atomic E-state index is 11.6. The van der Waals surface area contributed by atoms with Crippen LogP contribution in [0.2, 0.25) is 0 Å². The monoisotopic (exact) mass is 271 g/mol. The Bertz CT molecular complexity index is 531. The molecular weight excluding hydrogens is 250 g/mol. The molecule has 0 fully saturated rings. The van der Waals surface area contributed by atoms with Crippen molar-refractivity contribution in [3.63, 3.8) is 0 Å². The van der Waals surface area contributed by atoms with Crippen LogP contribution in [0.15, 0.2) is 24.3 Å². The van der Waals surface area contributed by atoms with E-state index in [0.29, 0.717) is 0 Å². The number of amides is 1. The van der Waals surface area contributed by atoms with Crippen LogP contribution in [0.4, 0.5) is 0 Å². The van der Waals surface area contributed by atoms with Crippen LogP contribution in [0, 0.1) is 16.7 Å². The van der Waals surface area contributed by atoms with Crippen LogP contribution in [0.1, 0.15) is 37.4 Å². The highest BCUT2D eigenvalue weighted by atomic mass is 16.1. The summed E-state index contributed by atoms with van der Waals surface area (Å²) in [7, 11) is 0. The zero-order valence-corrected chi connectivity index (χ0v) is 12.1. The topological polar surface area (TPSA) is 64.9 Å². The van der Waals surface area contributed by atoms with E-state index in [2.05, 4.69) is 42.7 Å². The van der Waals surface area contributed by atoms with Crippen LogP contribution in [0.25, 0.3) is 0 Å². The van der Waals surface area contributed by atoms with Crippen molar-refractivity contribution in [1.29, 1.82) is 5.26 Å². The van der Waals surface area contributed by atoms with E-state index >= 15 is 0 Å². The van der Waals surface area contributed by atoms with Gasteiger partial charge in [0.15, 0.2) is 0 Å². The van der Waals surface area contributed by atoms with E-state index < -0.39 is 0 Å². The fourth-order valence-electron chi connectivity index (χ4n) is 2.85. The average Bonchev–Trinajstić information content (AvgIpc) is 2.43. The van der Waals surface area contributed by atoms with Crippen molar-refractivity contribution < 1.29 is 4.79 Å². The van der Waals surface area contributed by atoms with Gasteiger partial charge in [-0.1, -0.05) is 38.1 Å². The summed E-state index contributed by atoms with van der Waals surface area (Å²) in [6, 6.07) is 10.5. The van der Waals surface area contributed by atoms with Crippen LogP contribution in [0.5, 0.6) is 0 Å². The van der Waals surface area contributed by atoms with Gasteiger partial charge in [0.05, 0.1) is 12.6 Å². The van der Waals surface area contributed by atoms with Crippen LogP contribution < -0.4 is 10.6 Å². The van der Waals surface area contributed by atoms with Gasteiger partial charge < -0.3 is 10.6 Å². The van der Waals surface area contributed by atoms with Gasteiger partial charge >= 0.3 is 0 Å². The zero-order chi connectivity index (χ0) is 14.6. The van der Waals surface area contributed by atoms with E-state index in [9.17, 15) is 4.79 Å². The normalized spacial score (nSPS) is 19.8. The molecule has 0 heterocycles. The van der Waals surface area contributed by atoms with E-state index in [-0.39, 0.29) is 30.5 Å². The lowest BCUT2D eigenvalue weighted by Crippen LogP contribution is -2.43. The Labute approximate surface area is 120 Å². The van der Waals surface area contributed by atoms with Gasteiger partial charge in [-0.25, -0.2) is 0 Å². The quantitative estimate of drug-likeness (QED) is 0.822. The average molecular weight is 271 g/mol. The molecule has 2 N–H and O–H groups in total. The lowest BCUT2D eigenvalue weighted by Gasteiger charge is -2.40. The predicted molar refractivity (Wildman–Crippen MR) is 77.9 cm³/mol. The zero-order valence-electron chi connectivity index (χ0n) is 12.1. The van der Waals surface area contributed by atoms with E-state index in [0.717, 1.165) is 12.8 Å². The second-order valence-corrected chi connectivity index (χ2v) is 5.94. The summed E-state index contributed by atoms with van der Waals surface area (Å²) in [6.45, 7) is 4.76. The first-order valence-electron chi connectivity index (χ1n) is 6.99. The van der Waals surface area contributed by atoms with Gasteiger partial charge in [0.25, 0.3) is 0 Å². The molecule has 1 atom stereocenters. The second-order valence-electron chi connectivity index (χ2n) is 5.94. The van der Waals surface area contributed by atoms with Crippen LogP contribution in [-0.4, -0.2) is 19.0 Å². The number of carbonyl (C=O) groups excluding carboxylic acids is 1. The van der Waals surface area contributed by atoms with Crippen molar-refractivity contribution in [3.8, 4) is 6.07 Å². The minimum Gasteiger partial charge on any atom is -0.342 e. The number of fused-ring (bicyclic) bond motifs is 1. The van der Waals surface area contributed by atoms with Crippen molar-refractivity contribution in [2.24, 2.45) is 5.41 Å². The number of rotatable bonds is 4. The number of benzene rings is 1. The number of nitrogens with one attached hydrogen (secondary N) is 2. The number of hydrogen-bond acceptors (Lipinski definition) is 3. The van der Waals surface area contributed by atoms with Gasteiger partial charge in [-0.05, 0) is 29.4 Å². The van der Waals surface area contributed by atoms with Crippen molar-refractivity contribution >= 4 is 5.91 Å². The fourth-order valence-corrected chi connectivity index (χ4v) is 2.85. The standard InChI is InChI=1S/C16H21N3O/c1-16(2)8-7-12-5-3-4-6-13(12)15(16)19-11-14(20)18-10-9-17/h3-6,15,19H,7-8,10-11H2,1-2H3,(H,18,20)/t15-/m0/s1. The molecule has 1 aliphatic carbocycles. The highest BCUT2D eigenvalue weighted by Gasteiger charge is 2.35. The number of nitriles is 1. The predicted octanol–water partition coefficient (Wildman–Crippen LogP) is 1.93. The molecule has 1 aromatic carbocycles. The Hall–Kier alpha value is -1.86. The van der Waals surface area contributed by atoms with Gasteiger partial charge in [0.2, 0.25) is 5.91 Å². The van der Waals surface area contributed by atoms with Gasteiger partial charge in [0, 0.05) is 6.04 Å². The van der Waals surface area contributed by atoms with Crippen molar-refractivity contribution in [1.82, 2.24) is 10.6 Å². The molecular formula is C16H21N3O. The molecule has 0 aromatic heterocycles. The number of carbonyl (C=O) groups is 1. The Morgan fingerprint density at radius 3 is 2.95 bits per heavy atom. The van der Waals surface area contributed by atoms with Gasteiger partial charge in [0.1, 0.15) is 6.54 Å². The van der Waals surface area contributed by atoms with E-state index in [4.69, 9.17) is 5.26 Å². The van der Waals surface area contributed by atoms with Crippen molar-refractivity contribution in [2.45, 2.75) is 32.7 Å². The van der Waals surface area contributed by atoms with Crippen LogP contribution in [0.3, 0.4) is 0 Å². The summed E-state index contributed by atoms with van der Waals surface area (Å²) in [6.07, 6.45) is 2.18. The summed E-state index contributed by atoms with van der Waals surface area (Å²) < 4.78 is 0. The molecule has 4 nitrogen and oxygen atoms in total. The second kappa shape index (κ2) is 6.06. The summed E-state index contributed by atoms with van der Waals surface area (Å²) in [4.78, 5) is 11.6. The Morgan fingerprint density at radius 2 is 2.20 bits per heavy atom. The number of nitrogens with zero attached hydrogens (tertiary/aromatic N) is 1. The SMILES string of the molecule is CC1(C)CCc2ccccc2[C@@H]1NCC(=O)NCC#N. The molecule has 1 aromatic rings. The largest absolute Gasteiger partial charge is 0.342 e. The summed E-state index contributed by atoms with van der Waals surface area (Å²) in [5.74, 6) is -0.134. The third kappa shape index (κ3) is 3.17. The molecule has 106 valence electrons. The molecule has 2 rings (SSSR count). The maximum absolute atomic E-state index is 11.6. The first-order valence-corrected chi connectivity index (χ1v) is 6.99. The van der Waals surface area contributed by atoms with Crippen LogP contribution >= 0.6 is 0 Å². The third-order valence-corrected chi connectivity index (χ3v) is 4.02. The molecule has 0 unspecified atom stereocenters. The molecule has 0 radical (unpaired) electrons. The van der Waals surface area contributed by atoms with Crippen molar-refractivity contribution in [2.75, 3.05) is 13.1 Å². The van der Waals surface area contributed by atoms with E-state index in [1.807, 2.05) is 12.1 Å². The van der Waals surface area contributed by atoms with Crippen molar-refractivity contribution in [3.05, 3.63) is 35.4 Å². The third-order valence-electron chi connectivity index (χ3n) is 4.02. The molecule has 1 amide bonds. The van der Waals surface area contributed by atoms with E-state index in [1.165, 1.54) is 11.1 Å². The molecule has 0 saturated carbocycles. The number of aryl methyl sites for hydroxylation is 1.